The van der Waals surface area contributed by atoms with Gasteiger partial charge >= 0.3 is 0 Å². The molecule has 0 unspecified atom stereocenters. The number of benzene rings is 3. The maximum atomic E-state index is 12.5. The van der Waals surface area contributed by atoms with Crippen molar-refractivity contribution in [3.8, 4) is 17.2 Å². The van der Waals surface area contributed by atoms with Gasteiger partial charge in [-0.2, -0.15) is 5.10 Å². The van der Waals surface area contributed by atoms with Gasteiger partial charge in [-0.15, -0.1) is 0 Å². The van der Waals surface area contributed by atoms with Gasteiger partial charge in [0.15, 0.2) is 11.5 Å². The number of carbonyl (C=O) groups is 1. The van der Waals surface area contributed by atoms with Crippen LogP contribution in [0.2, 0.25) is 5.02 Å². The van der Waals surface area contributed by atoms with Gasteiger partial charge in [0.05, 0.1) is 17.8 Å². The molecule has 6 nitrogen and oxygen atoms in total. The summed E-state index contributed by atoms with van der Waals surface area (Å²) in [5, 5.41) is 4.48. The fourth-order valence-corrected chi connectivity index (χ4v) is 3.11. The molecule has 7 heteroatoms. The van der Waals surface area contributed by atoms with E-state index in [1.807, 2.05) is 37.3 Å². The minimum atomic E-state index is -0.378. The van der Waals surface area contributed by atoms with Gasteiger partial charge in [-0.1, -0.05) is 54.6 Å². The third kappa shape index (κ3) is 7.12. The molecule has 0 bridgehead atoms. The summed E-state index contributed by atoms with van der Waals surface area (Å²) in [5.41, 5.74) is 4.67. The van der Waals surface area contributed by atoms with Crippen molar-refractivity contribution < 1.29 is 19.0 Å². The van der Waals surface area contributed by atoms with E-state index in [4.69, 9.17) is 25.8 Å². The molecule has 3 rings (SSSR count). The van der Waals surface area contributed by atoms with E-state index in [2.05, 4.69) is 17.1 Å². The van der Waals surface area contributed by atoms with E-state index in [-0.39, 0.29) is 5.91 Å². The molecule has 0 heterocycles. The van der Waals surface area contributed by atoms with Crippen molar-refractivity contribution in [2.24, 2.45) is 5.10 Å². The first-order chi connectivity index (χ1) is 16.1. The lowest BCUT2D eigenvalue weighted by molar-refractivity contribution is 0.0954. The SMILES string of the molecule is C=CCOc1ccc(C(=O)N/N=C/c2ccc(OCc3ccccc3)c(Cl)c2)cc1OCC. The molecule has 0 radical (unpaired) electrons. The molecule has 1 amide bonds. The van der Waals surface area contributed by atoms with Crippen LogP contribution in [0.4, 0.5) is 0 Å². The molecule has 0 aromatic heterocycles. The fraction of sp³-hybridized carbons (Fsp3) is 0.154. The van der Waals surface area contributed by atoms with Crippen molar-refractivity contribution in [1.29, 1.82) is 0 Å². The zero-order valence-corrected chi connectivity index (χ0v) is 19.0. The van der Waals surface area contributed by atoms with Crippen LogP contribution in [0.3, 0.4) is 0 Å². The number of nitrogens with zero attached hydrogens (tertiary/aromatic N) is 1. The van der Waals surface area contributed by atoms with Crippen molar-refractivity contribution in [1.82, 2.24) is 5.43 Å². The maximum Gasteiger partial charge on any atom is 0.271 e. The minimum absolute atomic E-state index is 0.342. The molecule has 0 aliphatic rings. The number of amides is 1. The summed E-state index contributed by atoms with van der Waals surface area (Å²) in [7, 11) is 0. The van der Waals surface area contributed by atoms with E-state index in [0.717, 1.165) is 11.1 Å². The first kappa shape index (κ1) is 23.9. The lowest BCUT2D eigenvalue weighted by Crippen LogP contribution is -2.17. The van der Waals surface area contributed by atoms with Crippen LogP contribution >= 0.6 is 11.6 Å². The quantitative estimate of drug-likeness (QED) is 0.226. The monoisotopic (exact) mass is 464 g/mol. The Kier molecular flexibility index (Phi) is 8.91. The van der Waals surface area contributed by atoms with Gasteiger partial charge in [0, 0.05) is 5.56 Å². The van der Waals surface area contributed by atoms with Crippen molar-refractivity contribution in [2.75, 3.05) is 13.2 Å². The van der Waals surface area contributed by atoms with Gasteiger partial charge in [-0.05, 0) is 54.4 Å². The lowest BCUT2D eigenvalue weighted by Gasteiger charge is -2.12. The molecule has 0 saturated heterocycles. The largest absolute Gasteiger partial charge is 0.490 e. The number of rotatable bonds is 11. The summed E-state index contributed by atoms with van der Waals surface area (Å²) in [6, 6.07) is 20.1. The predicted molar refractivity (Wildman–Crippen MR) is 131 cm³/mol. The normalized spacial score (nSPS) is 10.6. The Bertz CT molecular complexity index is 1120. The van der Waals surface area contributed by atoms with Gasteiger partial charge in [0.1, 0.15) is 19.0 Å². The molecule has 3 aromatic rings. The molecule has 0 atom stereocenters. The van der Waals surface area contributed by atoms with Crippen molar-refractivity contribution in [3.63, 3.8) is 0 Å². The van der Waals surface area contributed by atoms with Crippen molar-refractivity contribution in [3.05, 3.63) is 101 Å². The molecule has 170 valence electrons. The van der Waals surface area contributed by atoms with Gasteiger partial charge in [-0.25, -0.2) is 5.43 Å². The highest BCUT2D eigenvalue weighted by molar-refractivity contribution is 6.32. The Balaban J connectivity index is 1.60. The number of hydrogen-bond acceptors (Lipinski definition) is 5. The topological polar surface area (TPSA) is 69.2 Å². The average molecular weight is 465 g/mol. The summed E-state index contributed by atoms with van der Waals surface area (Å²) in [6.45, 7) is 6.69. The third-order valence-electron chi connectivity index (χ3n) is 4.44. The Morgan fingerprint density at radius 3 is 2.52 bits per heavy atom. The van der Waals surface area contributed by atoms with Crippen LogP contribution in [0.1, 0.15) is 28.4 Å². The summed E-state index contributed by atoms with van der Waals surface area (Å²) in [4.78, 5) is 12.5. The second-order valence-electron chi connectivity index (χ2n) is 6.86. The second-order valence-corrected chi connectivity index (χ2v) is 7.26. The number of carbonyl (C=O) groups excluding carboxylic acids is 1. The summed E-state index contributed by atoms with van der Waals surface area (Å²) >= 11 is 6.33. The number of hydrogen-bond donors (Lipinski definition) is 1. The average Bonchev–Trinajstić information content (AvgIpc) is 2.83. The highest BCUT2D eigenvalue weighted by Crippen LogP contribution is 2.29. The maximum absolute atomic E-state index is 12.5. The van der Waals surface area contributed by atoms with Crippen LogP contribution in [0.15, 0.2) is 84.5 Å². The van der Waals surface area contributed by atoms with Crippen LogP contribution < -0.4 is 19.6 Å². The van der Waals surface area contributed by atoms with Crippen LogP contribution in [-0.2, 0) is 6.61 Å². The highest BCUT2D eigenvalue weighted by Gasteiger charge is 2.11. The minimum Gasteiger partial charge on any atom is -0.490 e. The van der Waals surface area contributed by atoms with E-state index >= 15 is 0 Å². The Morgan fingerprint density at radius 2 is 1.79 bits per heavy atom. The molecule has 0 aliphatic carbocycles. The van der Waals surface area contributed by atoms with Gasteiger partial charge in [0.2, 0.25) is 0 Å². The number of nitrogens with one attached hydrogen (secondary N) is 1. The third-order valence-corrected chi connectivity index (χ3v) is 4.73. The first-order valence-electron chi connectivity index (χ1n) is 10.4. The van der Waals surface area contributed by atoms with Crippen molar-refractivity contribution >= 4 is 23.7 Å². The molecule has 1 N–H and O–H groups in total. The molecule has 0 aliphatic heterocycles. The molecule has 0 saturated carbocycles. The fourth-order valence-electron chi connectivity index (χ4n) is 2.87. The van der Waals surface area contributed by atoms with E-state index < -0.39 is 0 Å². The predicted octanol–water partition coefficient (Wildman–Crippen LogP) is 5.65. The zero-order valence-electron chi connectivity index (χ0n) is 18.3. The Hall–Kier alpha value is -3.77. The van der Waals surface area contributed by atoms with Crippen molar-refractivity contribution in [2.45, 2.75) is 13.5 Å². The summed E-state index contributed by atoms with van der Waals surface area (Å²) in [5.74, 6) is 1.22. The molecule has 33 heavy (non-hydrogen) atoms. The molecule has 3 aromatic carbocycles. The highest BCUT2D eigenvalue weighted by atomic mass is 35.5. The van der Waals surface area contributed by atoms with E-state index in [9.17, 15) is 4.79 Å². The van der Waals surface area contributed by atoms with Crippen LogP contribution in [0.5, 0.6) is 17.2 Å². The number of ether oxygens (including phenoxy) is 3. The van der Waals surface area contributed by atoms with E-state index in [0.29, 0.717) is 47.7 Å². The zero-order chi connectivity index (χ0) is 23.5. The van der Waals surface area contributed by atoms with E-state index in [1.54, 1.807) is 42.5 Å². The van der Waals surface area contributed by atoms with Gasteiger partial charge < -0.3 is 14.2 Å². The summed E-state index contributed by atoms with van der Waals surface area (Å²) in [6.07, 6.45) is 3.15. The Labute approximate surface area is 198 Å². The van der Waals surface area contributed by atoms with Gasteiger partial charge in [0.25, 0.3) is 5.91 Å². The molecular formula is C26H25ClN2O4. The smallest absolute Gasteiger partial charge is 0.271 e. The van der Waals surface area contributed by atoms with E-state index in [1.165, 1.54) is 6.21 Å². The number of hydrazone groups is 1. The Morgan fingerprint density at radius 1 is 1.00 bits per heavy atom. The van der Waals surface area contributed by atoms with Gasteiger partial charge in [-0.3, -0.25) is 4.79 Å². The standard InChI is InChI=1S/C26H25ClN2O4/c1-3-14-32-24-13-11-21(16-25(24)31-4-2)26(30)29-28-17-20-10-12-23(22(27)15-20)33-18-19-8-6-5-7-9-19/h3,5-13,15-17H,1,4,14,18H2,2H3,(H,29,30)/b28-17+. The second kappa shape index (κ2) is 12.3. The molecular weight excluding hydrogens is 440 g/mol. The van der Waals surface area contributed by atoms with Crippen LogP contribution in [-0.4, -0.2) is 25.3 Å². The lowest BCUT2D eigenvalue weighted by atomic mass is 10.2. The molecule has 0 fully saturated rings. The van der Waals surface area contributed by atoms with Crippen LogP contribution in [0, 0.1) is 0 Å². The van der Waals surface area contributed by atoms with Crippen LogP contribution in [0.25, 0.3) is 0 Å². The summed E-state index contributed by atoms with van der Waals surface area (Å²) < 4.78 is 16.9. The molecule has 0 spiro atoms. The number of halogens is 1. The first-order valence-corrected chi connectivity index (χ1v) is 10.8.